The fourth-order valence-electron chi connectivity index (χ4n) is 1.58. The highest BCUT2D eigenvalue weighted by Gasteiger charge is 2.19. The van der Waals surface area contributed by atoms with E-state index in [0.29, 0.717) is 5.16 Å². The predicted octanol–water partition coefficient (Wildman–Crippen LogP) is 1.79. The van der Waals surface area contributed by atoms with E-state index in [1.165, 1.54) is 11.8 Å². The van der Waals surface area contributed by atoms with Crippen LogP contribution in [-0.2, 0) is 4.79 Å². The van der Waals surface area contributed by atoms with E-state index < -0.39 is 0 Å². The Morgan fingerprint density at radius 2 is 2.11 bits per heavy atom. The average Bonchev–Trinajstić information content (AvgIpc) is 2.80. The third-order valence-electron chi connectivity index (χ3n) is 2.43. The summed E-state index contributed by atoms with van der Waals surface area (Å²) in [5.74, 6) is 0.887. The van der Waals surface area contributed by atoms with Gasteiger partial charge in [-0.2, -0.15) is 0 Å². The third kappa shape index (κ3) is 4.21. The molecule has 102 valence electrons. The first kappa shape index (κ1) is 14.3. The molecule has 2 heterocycles. The molecule has 0 spiro atoms. The van der Waals surface area contributed by atoms with Gasteiger partial charge in [-0.05, 0) is 26.8 Å². The number of amides is 1. The minimum atomic E-state index is -0.245. The lowest BCUT2D eigenvalue weighted by atomic mass is 10.4. The molecule has 1 atom stereocenters. The molecule has 1 N–H and O–H groups in total. The van der Waals surface area contributed by atoms with Crippen molar-refractivity contribution in [2.24, 2.45) is 4.99 Å². The maximum atomic E-state index is 12.0. The Hall–Kier alpha value is -1.08. The molecule has 0 radical (unpaired) electrons. The second kappa shape index (κ2) is 6.38. The van der Waals surface area contributed by atoms with Crippen LogP contribution in [0.5, 0.6) is 0 Å². The van der Waals surface area contributed by atoms with Crippen molar-refractivity contribution in [2.45, 2.75) is 31.2 Å². The minimum Gasteiger partial charge on any atom is -0.304 e. The lowest BCUT2D eigenvalue weighted by molar-refractivity contribution is -0.118. The monoisotopic (exact) mass is 296 g/mol. The first-order valence-electron chi connectivity index (χ1n) is 6.01. The number of aryl methyl sites for hydroxylation is 2. The minimum absolute atomic E-state index is 0.0547. The van der Waals surface area contributed by atoms with E-state index in [1.807, 2.05) is 26.8 Å². The highest BCUT2D eigenvalue weighted by atomic mass is 32.2. The Kier molecular flexibility index (Phi) is 4.81. The molecule has 1 aromatic heterocycles. The first-order valence-corrected chi connectivity index (χ1v) is 7.88. The number of aromatic nitrogens is 2. The van der Waals surface area contributed by atoms with E-state index in [0.717, 1.165) is 28.9 Å². The van der Waals surface area contributed by atoms with E-state index >= 15 is 0 Å². The van der Waals surface area contributed by atoms with Gasteiger partial charge in [0.1, 0.15) is 0 Å². The molecular weight excluding hydrogens is 280 g/mol. The number of thioether (sulfide) groups is 2. The maximum absolute atomic E-state index is 12.0. The molecule has 0 aliphatic carbocycles. The number of nitrogens with zero attached hydrogens (tertiary/aromatic N) is 3. The Balaban J connectivity index is 1.95. The fraction of sp³-hybridized carbons (Fsp3) is 0.500. The molecule has 1 aliphatic rings. The molecule has 1 aliphatic heterocycles. The maximum Gasteiger partial charge on any atom is 0.239 e. The number of nitrogens with one attached hydrogen (secondary N) is 1. The van der Waals surface area contributed by atoms with Crippen molar-refractivity contribution >= 4 is 34.6 Å². The number of amidine groups is 1. The highest BCUT2D eigenvalue weighted by molar-refractivity contribution is 8.14. The van der Waals surface area contributed by atoms with Crippen LogP contribution in [-0.4, -0.2) is 38.6 Å². The summed E-state index contributed by atoms with van der Waals surface area (Å²) in [7, 11) is 0. The first-order chi connectivity index (χ1) is 9.04. The molecule has 0 bridgehead atoms. The zero-order chi connectivity index (χ0) is 13.8. The van der Waals surface area contributed by atoms with Gasteiger partial charge in [-0.1, -0.05) is 23.5 Å². The Morgan fingerprint density at radius 3 is 2.68 bits per heavy atom. The molecule has 1 aromatic rings. The molecule has 0 saturated heterocycles. The lowest BCUT2D eigenvalue weighted by Gasteiger charge is -2.11. The Morgan fingerprint density at radius 1 is 1.42 bits per heavy atom. The predicted molar refractivity (Wildman–Crippen MR) is 79.7 cm³/mol. The standard InChI is InChI=1S/C12H16N4OS2/c1-7-6-8(2)15-12(14-7)19-9(3)10(17)16-11-13-4-5-18-11/h6,9H,4-5H2,1-3H3,(H,13,16,17). The van der Waals surface area contributed by atoms with Crippen molar-refractivity contribution in [1.29, 1.82) is 0 Å². The van der Waals surface area contributed by atoms with Gasteiger partial charge < -0.3 is 5.32 Å². The summed E-state index contributed by atoms with van der Waals surface area (Å²) < 4.78 is 0. The van der Waals surface area contributed by atoms with Gasteiger partial charge >= 0.3 is 0 Å². The summed E-state index contributed by atoms with van der Waals surface area (Å²) in [5.41, 5.74) is 1.83. The topological polar surface area (TPSA) is 67.2 Å². The van der Waals surface area contributed by atoms with Crippen LogP contribution >= 0.6 is 23.5 Å². The van der Waals surface area contributed by atoms with Crippen LogP contribution in [0.25, 0.3) is 0 Å². The summed E-state index contributed by atoms with van der Waals surface area (Å²) >= 11 is 2.94. The number of aliphatic imine (C=N–C) groups is 1. The van der Waals surface area contributed by atoms with Gasteiger partial charge in [0.25, 0.3) is 0 Å². The number of hydrogen-bond acceptors (Lipinski definition) is 6. The Labute approximate surface area is 121 Å². The van der Waals surface area contributed by atoms with Crippen molar-refractivity contribution in [1.82, 2.24) is 15.3 Å². The molecule has 2 rings (SSSR count). The fourth-order valence-corrected chi connectivity index (χ4v) is 3.18. The van der Waals surface area contributed by atoms with Crippen molar-refractivity contribution in [2.75, 3.05) is 12.3 Å². The summed E-state index contributed by atoms with van der Waals surface area (Å²) in [4.78, 5) is 24.8. The number of hydrogen-bond donors (Lipinski definition) is 1. The van der Waals surface area contributed by atoms with Gasteiger partial charge in [0.2, 0.25) is 5.91 Å². The van der Waals surface area contributed by atoms with E-state index in [9.17, 15) is 4.79 Å². The third-order valence-corrected chi connectivity index (χ3v) is 4.28. The van der Waals surface area contributed by atoms with Gasteiger partial charge in [0, 0.05) is 17.1 Å². The van der Waals surface area contributed by atoms with Crippen LogP contribution in [0.3, 0.4) is 0 Å². The van der Waals surface area contributed by atoms with Gasteiger partial charge in [-0.15, -0.1) is 0 Å². The summed E-state index contributed by atoms with van der Waals surface area (Å²) in [5, 5.41) is 3.94. The number of carbonyl (C=O) groups excluding carboxylic acids is 1. The van der Waals surface area contributed by atoms with Gasteiger partial charge in [0.05, 0.1) is 11.8 Å². The molecule has 0 aromatic carbocycles. The van der Waals surface area contributed by atoms with Gasteiger partial charge in [-0.25, -0.2) is 9.97 Å². The van der Waals surface area contributed by atoms with E-state index in [-0.39, 0.29) is 11.2 Å². The second-order valence-corrected chi connectivity index (χ2v) is 6.61. The molecule has 5 nitrogen and oxygen atoms in total. The smallest absolute Gasteiger partial charge is 0.239 e. The second-order valence-electron chi connectivity index (χ2n) is 4.22. The highest BCUT2D eigenvalue weighted by Crippen LogP contribution is 2.20. The molecule has 1 unspecified atom stereocenters. The van der Waals surface area contributed by atoms with Gasteiger partial charge in [-0.3, -0.25) is 9.79 Å². The summed E-state index contributed by atoms with van der Waals surface area (Å²) in [6, 6.07) is 1.92. The van der Waals surface area contributed by atoms with Gasteiger partial charge in [0.15, 0.2) is 10.3 Å². The largest absolute Gasteiger partial charge is 0.304 e. The summed E-state index contributed by atoms with van der Waals surface area (Å²) in [6.45, 7) is 6.48. The van der Waals surface area contributed by atoms with Crippen molar-refractivity contribution in [3.63, 3.8) is 0 Å². The van der Waals surface area contributed by atoms with Crippen LogP contribution in [0.2, 0.25) is 0 Å². The Bertz CT molecular complexity index is 498. The van der Waals surface area contributed by atoms with E-state index in [2.05, 4.69) is 20.3 Å². The van der Waals surface area contributed by atoms with Crippen LogP contribution in [0, 0.1) is 13.8 Å². The average molecular weight is 296 g/mol. The number of carbonyl (C=O) groups is 1. The van der Waals surface area contributed by atoms with E-state index in [1.54, 1.807) is 11.8 Å². The lowest BCUT2D eigenvalue weighted by Crippen LogP contribution is -2.34. The van der Waals surface area contributed by atoms with Crippen LogP contribution in [0.4, 0.5) is 0 Å². The molecule has 0 saturated carbocycles. The zero-order valence-electron chi connectivity index (χ0n) is 11.1. The van der Waals surface area contributed by atoms with Crippen molar-refractivity contribution in [3.05, 3.63) is 17.5 Å². The summed E-state index contributed by atoms with van der Waals surface area (Å²) in [6.07, 6.45) is 0. The molecular formula is C12H16N4OS2. The zero-order valence-corrected chi connectivity index (χ0v) is 12.8. The number of rotatable bonds is 3. The quantitative estimate of drug-likeness (QED) is 0.680. The van der Waals surface area contributed by atoms with Crippen LogP contribution < -0.4 is 5.32 Å². The molecule has 19 heavy (non-hydrogen) atoms. The SMILES string of the molecule is Cc1cc(C)nc(SC(C)C(=O)NC2=NCCS2)n1. The molecule has 0 fully saturated rings. The molecule has 7 heteroatoms. The molecule has 1 amide bonds. The van der Waals surface area contributed by atoms with Crippen LogP contribution in [0.1, 0.15) is 18.3 Å². The normalized spacial score (nSPS) is 16.1. The van der Waals surface area contributed by atoms with Crippen LogP contribution in [0.15, 0.2) is 16.2 Å². The van der Waals surface area contributed by atoms with E-state index in [4.69, 9.17) is 0 Å². The van der Waals surface area contributed by atoms with Crippen molar-refractivity contribution in [3.8, 4) is 0 Å². The van der Waals surface area contributed by atoms with Crippen molar-refractivity contribution < 1.29 is 4.79 Å².